The fraction of sp³-hybridized carbons (Fsp3) is 1.00. The summed E-state index contributed by atoms with van der Waals surface area (Å²) in [6.45, 7) is 3.90. The largest absolute Gasteiger partial charge is 0.317 e. The molecule has 0 bridgehead atoms. The lowest BCUT2D eigenvalue weighted by atomic mass is 10.00. The summed E-state index contributed by atoms with van der Waals surface area (Å²) in [6, 6.07) is 0. The van der Waals surface area contributed by atoms with Crippen LogP contribution in [0.2, 0.25) is 0 Å². The Kier molecular flexibility index (Phi) is 4.15. The van der Waals surface area contributed by atoms with Gasteiger partial charge < -0.3 is 5.32 Å². The lowest BCUT2D eigenvalue weighted by Crippen LogP contribution is -2.30. The van der Waals surface area contributed by atoms with E-state index in [1.165, 1.54) is 0 Å². The molecule has 0 aliphatic carbocycles. The van der Waals surface area contributed by atoms with Crippen molar-refractivity contribution in [1.29, 1.82) is 0 Å². The molecule has 1 heterocycles. The molecule has 1 saturated heterocycles. The molecule has 0 spiro atoms. The Hall–Kier alpha value is -0.130. The number of nitrogens with one attached hydrogen (secondary N) is 1. The number of hydrogen-bond acceptors (Lipinski definition) is 4. The third-order valence-electron chi connectivity index (χ3n) is 2.30. The van der Waals surface area contributed by atoms with E-state index in [0.29, 0.717) is 12.5 Å². The summed E-state index contributed by atoms with van der Waals surface area (Å²) in [5, 5.41) is 3.22. The van der Waals surface area contributed by atoms with E-state index in [4.69, 9.17) is 4.18 Å². The summed E-state index contributed by atoms with van der Waals surface area (Å²) in [6.07, 6.45) is 2.03. The maximum Gasteiger partial charge on any atom is 0.267 e. The van der Waals surface area contributed by atoms with Crippen molar-refractivity contribution in [1.82, 2.24) is 5.32 Å². The second-order valence-electron chi connectivity index (χ2n) is 3.32. The van der Waals surface area contributed by atoms with Crippen LogP contribution in [-0.2, 0) is 14.3 Å². The summed E-state index contributed by atoms with van der Waals surface area (Å²) < 4.78 is 26.9. The van der Waals surface area contributed by atoms with Gasteiger partial charge in [-0.25, -0.2) is 0 Å². The molecule has 0 aromatic heterocycles. The van der Waals surface area contributed by atoms with Crippen LogP contribution in [0.4, 0.5) is 0 Å². The highest BCUT2D eigenvalue weighted by Crippen LogP contribution is 2.12. The van der Waals surface area contributed by atoms with Crippen LogP contribution < -0.4 is 5.32 Å². The van der Waals surface area contributed by atoms with Gasteiger partial charge in [-0.3, -0.25) is 4.18 Å². The first-order chi connectivity index (χ1) is 6.14. The maximum absolute atomic E-state index is 11.0. The van der Waals surface area contributed by atoms with Crippen LogP contribution in [0.5, 0.6) is 0 Å². The van der Waals surface area contributed by atoms with Gasteiger partial charge in [0.05, 0.1) is 12.4 Å². The van der Waals surface area contributed by atoms with E-state index in [9.17, 15) is 8.42 Å². The molecule has 1 fully saturated rings. The Labute approximate surface area is 79.8 Å². The summed E-state index contributed by atoms with van der Waals surface area (Å²) in [4.78, 5) is 0. The predicted molar refractivity (Wildman–Crippen MR) is 51.0 cm³/mol. The molecule has 1 aliphatic heterocycles. The molecule has 78 valence electrons. The molecule has 5 heteroatoms. The lowest BCUT2D eigenvalue weighted by Gasteiger charge is -2.21. The molecule has 4 nitrogen and oxygen atoms in total. The van der Waals surface area contributed by atoms with Gasteiger partial charge in [0, 0.05) is 0 Å². The Balaban J connectivity index is 2.25. The fourth-order valence-corrected chi connectivity index (χ4v) is 1.90. The van der Waals surface area contributed by atoms with Crippen molar-refractivity contribution < 1.29 is 12.6 Å². The van der Waals surface area contributed by atoms with Crippen molar-refractivity contribution in [2.24, 2.45) is 5.92 Å². The highest BCUT2D eigenvalue weighted by molar-refractivity contribution is 7.86. The van der Waals surface area contributed by atoms with Gasteiger partial charge in [-0.2, -0.15) is 8.42 Å². The van der Waals surface area contributed by atoms with Gasteiger partial charge in [0.25, 0.3) is 10.1 Å². The number of hydrogen-bond donors (Lipinski definition) is 1. The van der Waals surface area contributed by atoms with Crippen LogP contribution >= 0.6 is 0 Å². The molecule has 0 amide bonds. The van der Waals surface area contributed by atoms with Crippen molar-refractivity contribution in [3.8, 4) is 0 Å². The minimum Gasteiger partial charge on any atom is -0.317 e. The van der Waals surface area contributed by atoms with E-state index < -0.39 is 10.1 Å². The van der Waals surface area contributed by atoms with Crippen LogP contribution in [-0.4, -0.2) is 33.9 Å². The Morgan fingerprint density at radius 1 is 1.38 bits per heavy atom. The average molecular weight is 207 g/mol. The molecular formula is C8H17NO3S. The first kappa shape index (κ1) is 10.9. The Morgan fingerprint density at radius 2 is 2.00 bits per heavy atom. The van der Waals surface area contributed by atoms with Crippen molar-refractivity contribution in [3.05, 3.63) is 0 Å². The molecule has 1 N–H and O–H groups in total. The quantitative estimate of drug-likeness (QED) is 0.676. The van der Waals surface area contributed by atoms with E-state index in [2.05, 4.69) is 5.32 Å². The predicted octanol–water partition coefficient (Wildman–Crippen LogP) is 0.352. The van der Waals surface area contributed by atoms with E-state index >= 15 is 0 Å². The lowest BCUT2D eigenvalue weighted by molar-refractivity contribution is 0.220. The summed E-state index contributed by atoms with van der Waals surface area (Å²) >= 11 is 0. The minimum atomic E-state index is -3.24. The molecule has 13 heavy (non-hydrogen) atoms. The van der Waals surface area contributed by atoms with E-state index in [1.807, 2.05) is 0 Å². The molecule has 1 aliphatic rings. The van der Waals surface area contributed by atoms with Crippen LogP contribution in [0.25, 0.3) is 0 Å². The maximum atomic E-state index is 11.0. The number of rotatable bonds is 4. The average Bonchev–Trinajstić information content (AvgIpc) is 2.17. The van der Waals surface area contributed by atoms with Crippen molar-refractivity contribution in [3.63, 3.8) is 0 Å². The zero-order chi connectivity index (χ0) is 9.73. The zero-order valence-corrected chi connectivity index (χ0v) is 8.77. The van der Waals surface area contributed by atoms with Gasteiger partial charge in [0.15, 0.2) is 0 Å². The summed E-state index contributed by atoms with van der Waals surface area (Å²) in [5.41, 5.74) is 0. The summed E-state index contributed by atoms with van der Waals surface area (Å²) in [5.74, 6) is 0.473. The Morgan fingerprint density at radius 3 is 2.54 bits per heavy atom. The van der Waals surface area contributed by atoms with E-state index in [1.54, 1.807) is 6.92 Å². The van der Waals surface area contributed by atoms with E-state index in [-0.39, 0.29) is 5.75 Å². The van der Waals surface area contributed by atoms with Gasteiger partial charge in [-0.05, 0) is 38.8 Å². The third kappa shape index (κ3) is 4.06. The van der Waals surface area contributed by atoms with Gasteiger partial charge in [0.1, 0.15) is 0 Å². The van der Waals surface area contributed by atoms with Crippen LogP contribution in [0.3, 0.4) is 0 Å². The molecule has 0 aromatic rings. The highest BCUT2D eigenvalue weighted by atomic mass is 32.2. The second-order valence-corrected chi connectivity index (χ2v) is 5.25. The molecule has 0 saturated carbocycles. The van der Waals surface area contributed by atoms with Crippen LogP contribution in [0.15, 0.2) is 0 Å². The van der Waals surface area contributed by atoms with Crippen molar-refractivity contribution >= 4 is 10.1 Å². The highest BCUT2D eigenvalue weighted by Gasteiger charge is 2.16. The van der Waals surface area contributed by atoms with Crippen LogP contribution in [0.1, 0.15) is 19.8 Å². The standard InChI is InChI=1S/C8H17NO3S/c1-2-13(10,11)12-7-8-3-5-9-6-4-8/h8-9H,2-7H2,1H3. The molecule has 0 radical (unpaired) electrons. The normalized spacial score (nSPS) is 20.4. The minimum absolute atomic E-state index is 0.0674. The van der Waals surface area contributed by atoms with Gasteiger partial charge in [0.2, 0.25) is 0 Å². The first-order valence-electron chi connectivity index (χ1n) is 4.72. The molecule has 0 atom stereocenters. The number of piperidine rings is 1. The Bertz CT molecular complexity index is 232. The summed E-state index contributed by atoms with van der Waals surface area (Å²) in [7, 11) is -3.24. The smallest absolute Gasteiger partial charge is 0.267 e. The zero-order valence-electron chi connectivity index (χ0n) is 7.95. The molecular weight excluding hydrogens is 190 g/mol. The fourth-order valence-electron chi connectivity index (χ4n) is 1.33. The van der Waals surface area contributed by atoms with Gasteiger partial charge in [-0.15, -0.1) is 0 Å². The molecule has 0 aromatic carbocycles. The van der Waals surface area contributed by atoms with Gasteiger partial charge >= 0.3 is 0 Å². The molecule has 1 rings (SSSR count). The second kappa shape index (κ2) is 4.93. The first-order valence-corrected chi connectivity index (χ1v) is 6.29. The monoisotopic (exact) mass is 207 g/mol. The topological polar surface area (TPSA) is 55.4 Å². The SMILES string of the molecule is CCS(=O)(=O)OCC1CCNCC1. The van der Waals surface area contributed by atoms with Crippen molar-refractivity contribution in [2.45, 2.75) is 19.8 Å². The van der Waals surface area contributed by atoms with Crippen LogP contribution in [0, 0.1) is 5.92 Å². The molecule has 0 unspecified atom stereocenters. The van der Waals surface area contributed by atoms with Crippen molar-refractivity contribution in [2.75, 3.05) is 25.4 Å². The van der Waals surface area contributed by atoms with E-state index in [0.717, 1.165) is 25.9 Å². The van der Waals surface area contributed by atoms with Gasteiger partial charge in [-0.1, -0.05) is 0 Å². The third-order valence-corrected chi connectivity index (χ3v) is 3.50.